The molecule has 1 aliphatic rings. The van der Waals surface area contributed by atoms with E-state index in [0.717, 1.165) is 0 Å². The smallest absolute Gasteiger partial charge is 0.308 e. The Kier molecular flexibility index (Phi) is 3.66. The highest BCUT2D eigenvalue weighted by molar-refractivity contribution is 5.92. The van der Waals surface area contributed by atoms with Gasteiger partial charge in [-0.1, -0.05) is 0 Å². The summed E-state index contributed by atoms with van der Waals surface area (Å²) in [4.78, 5) is 24.7. The molecular weight excluding hydrogens is 289 g/mol. The fourth-order valence-electron chi connectivity index (χ4n) is 2.52. The van der Waals surface area contributed by atoms with E-state index in [-0.39, 0.29) is 24.0 Å². The molecular formula is C16H14FNO4. The fourth-order valence-corrected chi connectivity index (χ4v) is 2.52. The minimum absolute atomic E-state index is 0.158. The Morgan fingerprint density at radius 1 is 1.18 bits per heavy atom. The first-order chi connectivity index (χ1) is 10.5. The number of aliphatic carboxylic acids is 1. The molecule has 1 saturated heterocycles. The number of rotatable bonds is 3. The summed E-state index contributed by atoms with van der Waals surface area (Å²) in [5.74, 6) is -1.44. The predicted octanol–water partition coefficient (Wildman–Crippen LogP) is 2.63. The molecule has 22 heavy (non-hydrogen) atoms. The molecule has 0 bridgehead atoms. The summed E-state index contributed by atoms with van der Waals surface area (Å²) >= 11 is 0. The quantitative estimate of drug-likeness (QED) is 0.946. The van der Waals surface area contributed by atoms with E-state index >= 15 is 0 Å². The van der Waals surface area contributed by atoms with Crippen LogP contribution in [-0.2, 0) is 4.79 Å². The van der Waals surface area contributed by atoms with E-state index in [4.69, 9.17) is 9.52 Å². The maximum absolute atomic E-state index is 12.9. The SMILES string of the molecule is O=C(O)C1CCN(C(=O)c2ccc(-c3ccc(F)cc3)o2)C1. The summed E-state index contributed by atoms with van der Waals surface area (Å²) in [7, 11) is 0. The van der Waals surface area contributed by atoms with Crippen molar-refractivity contribution in [2.75, 3.05) is 13.1 Å². The molecule has 0 spiro atoms. The fraction of sp³-hybridized carbons (Fsp3) is 0.250. The molecule has 1 amide bonds. The van der Waals surface area contributed by atoms with Crippen molar-refractivity contribution in [1.82, 2.24) is 4.90 Å². The Hall–Kier alpha value is -2.63. The Labute approximate surface area is 126 Å². The molecule has 2 aromatic rings. The van der Waals surface area contributed by atoms with E-state index in [1.165, 1.54) is 17.0 Å². The molecule has 1 atom stereocenters. The summed E-state index contributed by atoms with van der Waals surface area (Å²) in [6, 6.07) is 8.96. The van der Waals surface area contributed by atoms with E-state index < -0.39 is 11.9 Å². The summed E-state index contributed by atoms with van der Waals surface area (Å²) in [6.45, 7) is 0.600. The number of hydrogen-bond acceptors (Lipinski definition) is 3. The van der Waals surface area contributed by atoms with Crippen LogP contribution >= 0.6 is 0 Å². The molecule has 1 aliphatic heterocycles. The van der Waals surface area contributed by atoms with Gasteiger partial charge in [-0.3, -0.25) is 9.59 Å². The number of carboxylic acids is 1. The van der Waals surface area contributed by atoms with Crippen molar-refractivity contribution < 1.29 is 23.5 Å². The predicted molar refractivity (Wildman–Crippen MR) is 75.7 cm³/mol. The van der Waals surface area contributed by atoms with Crippen molar-refractivity contribution >= 4 is 11.9 Å². The maximum atomic E-state index is 12.9. The second-order valence-corrected chi connectivity index (χ2v) is 5.25. The van der Waals surface area contributed by atoms with Gasteiger partial charge in [0.1, 0.15) is 11.6 Å². The topological polar surface area (TPSA) is 70.8 Å². The Balaban J connectivity index is 1.75. The van der Waals surface area contributed by atoms with Crippen molar-refractivity contribution in [3.63, 3.8) is 0 Å². The molecule has 5 nitrogen and oxygen atoms in total. The van der Waals surface area contributed by atoms with Crippen LogP contribution in [0.2, 0.25) is 0 Å². The van der Waals surface area contributed by atoms with Crippen molar-refractivity contribution in [3.05, 3.63) is 48.0 Å². The summed E-state index contributed by atoms with van der Waals surface area (Å²) in [5.41, 5.74) is 0.672. The third-order valence-corrected chi connectivity index (χ3v) is 3.77. The number of furan rings is 1. The zero-order chi connectivity index (χ0) is 15.7. The highest BCUT2D eigenvalue weighted by atomic mass is 19.1. The number of halogens is 1. The second-order valence-electron chi connectivity index (χ2n) is 5.25. The summed E-state index contributed by atoms with van der Waals surface area (Å²) in [5, 5.41) is 8.97. The average molecular weight is 303 g/mol. The van der Waals surface area contributed by atoms with Gasteiger partial charge in [0.25, 0.3) is 5.91 Å². The maximum Gasteiger partial charge on any atom is 0.308 e. The van der Waals surface area contributed by atoms with Gasteiger partial charge in [0.05, 0.1) is 5.92 Å². The van der Waals surface area contributed by atoms with Crippen LogP contribution in [0, 0.1) is 11.7 Å². The number of benzene rings is 1. The normalized spacial score (nSPS) is 17.7. The highest BCUT2D eigenvalue weighted by Gasteiger charge is 2.32. The van der Waals surface area contributed by atoms with Gasteiger partial charge in [0, 0.05) is 18.7 Å². The van der Waals surface area contributed by atoms with Crippen LogP contribution in [0.4, 0.5) is 4.39 Å². The van der Waals surface area contributed by atoms with Crippen LogP contribution in [0.3, 0.4) is 0 Å². The van der Waals surface area contributed by atoms with Crippen LogP contribution in [-0.4, -0.2) is 35.0 Å². The first-order valence-electron chi connectivity index (χ1n) is 6.92. The molecule has 1 aromatic carbocycles. The number of carboxylic acid groups (broad SMARTS) is 1. The minimum Gasteiger partial charge on any atom is -0.481 e. The van der Waals surface area contributed by atoms with Crippen molar-refractivity contribution in [2.24, 2.45) is 5.92 Å². The van der Waals surface area contributed by atoms with Crippen LogP contribution in [0.5, 0.6) is 0 Å². The van der Waals surface area contributed by atoms with Crippen LogP contribution < -0.4 is 0 Å². The number of amides is 1. The van der Waals surface area contributed by atoms with Gasteiger partial charge in [-0.15, -0.1) is 0 Å². The Morgan fingerprint density at radius 3 is 2.55 bits per heavy atom. The Morgan fingerprint density at radius 2 is 1.91 bits per heavy atom. The number of hydrogen-bond donors (Lipinski definition) is 1. The standard InChI is InChI=1S/C16H14FNO4/c17-12-3-1-10(2-4-12)13-5-6-14(22-13)15(19)18-8-7-11(9-18)16(20)21/h1-6,11H,7-9H2,(H,20,21). The first kappa shape index (κ1) is 14.3. The van der Waals surface area contributed by atoms with E-state index in [0.29, 0.717) is 24.3 Å². The largest absolute Gasteiger partial charge is 0.481 e. The molecule has 114 valence electrons. The molecule has 1 N–H and O–H groups in total. The Bertz CT molecular complexity index is 707. The highest BCUT2D eigenvalue weighted by Crippen LogP contribution is 2.25. The van der Waals surface area contributed by atoms with Crippen molar-refractivity contribution in [1.29, 1.82) is 0 Å². The molecule has 0 aliphatic carbocycles. The number of carbonyl (C=O) groups is 2. The minimum atomic E-state index is -0.887. The van der Waals surface area contributed by atoms with Gasteiger partial charge in [-0.2, -0.15) is 0 Å². The molecule has 1 aromatic heterocycles. The molecule has 3 rings (SSSR count). The summed E-state index contributed by atoms with van der Waals surface area (Å²) in [6.07, 6.45) is 0.451. The second kappa shape index (κ2) is 5.63. The van der Waals surface area contributed by atoms with E-state index in [1.54, 1.807) is 24.3 Å². The first-order valence-corrected chi connectivity index (χ1v) is 6.92. The number of carbonyl (C=O) groups excluding carboxylic acids is 1. The molecule has 0 saturated carbocycles. The van der Waals surface area contributed by atoms with Crippen LogP contribution in [0.15, 0.2) is 40.8 Å². The van der Waals surface area contributed by atoms with E-state index in [2.05, 4.69) is 0 Å². The van der Waals surface area contributed by atoms with Crippen molar-refractivity contribution in [3.8, 4) is 11.3 Å². The zero-order valence-corrected chi connectivity index (χ0v) is 11.7. The van der Waals surface area contributed by atoms with Gasteiger partial charge in [0.15, 0.2) is 5.76 Å². The lowest BCUT2D eigenvalue weighted by molar-refractivity contribution is -0.141. The van der Waals surface area contributed by atoms with Gasteiger partial charge >= 0.3 is 5.97 Å². The average Bonchev–Trinajstić information content (AvgIpc) is 3.17. The van der Waals surface area contributed by atoms with Crippen molar-refractivity contribution in [2.45, 2.75) is 6.42 Å². The lowest BCUT2D eigenvalue weighted by atomic mass is 10.1. The molecule has 6 heteroatoms. The van der Waals surface area contributed by atoms with Gasteiger partial charge in [-0.25, -0.2) is 4.39 Å². The van der Waals surface area contributed by atoms with Gasteiger partial charge in [-0.05, 0) is 42.8 Å². The lowest BCUT2D eigenvalue weighted by Gasteiger charge is -2.13. The molecule has 1 fully saturated rings. The monoisotopic (exact) mass is 303 g/mol. The number of nitrogens with zero attached hydrogens (tertiary/aromatic N) is 1. The zero-order valence-electron chi connectivity index (χ0n) is 11.7. The van der Waals surface area contributed by atoms with Gasteiger partial charge < -0.3 is 14.4 Å². The third kappa shape index (κ3) is 2.72. The van der Waals surface area contributed by atoms with Crippen LogP contribution in [0.1, 0.15) is 17.0 Å². The number of likely N-dealkylation sites (tertiary alicyclic amines) is 1. The van der Waals surface area contributed by atoms with E-state index in [1.807, 2.05) is 0 Å². The lowest BCUT2D eigenvalue weighted by Crippen LogP contribution is -2.29. The molecule has 2 heterocycles. The molecule has 1 unspecified atom stereocenters. The third-order valence-electron chi connectivity index (χ3n) is 3.77. The van der Waals surface area contributed by atoms with Crippen LogP contribution in [0.25, 0.3) is 11.3 Å². The molecule has 0 radical (unpaired) electrons. The van der Waals surface area contributed by atoms with E-state index in [9.17, 15) is 14.0 Å². The van der Waals surface area contributed by atoms with Gasteiger partial charge in [0.2, 0.25) is 0 Å². The summed E-state index contributed by atoms with van der Waals surface area (Å²) < 4.78 is 18.4.